The summed E-state index contributed by atoms with van der Waals surface area (Å²) in [5, 5.41) is 5.54. The Bertz CT molecular complexity index is 1280. The molecule has 2 N–H and O–H groups in total. The highest BCUT2D eigenvalue weighted by molar-refractivity contribution is 7.89. The number of nitrogens with one attached hydrogen (secondary N) is 2. The predicted octanol–water partition coefficient (Wildman–Crippen LogP) is 2.36. The van der Waals surface area contributed by atoms with Crippen molar-refractivity contribution in [2.24, 2.45) is 7.05 Å². The Balaban J connectivity index is 1.60. The van der Waals surface area contributed by atoms with E-state index in [1.165, 1.54) is 4.31 Å². The van der Waals surface area contributed by atoms with Gasteiger partial charge in [-0.3, -0.25) is 9.59 Å². The van der Waals surface area contributed by atoms with Gasteiger partial charge < -0.3 is 15.2 Å². The Labute approximate surface area is 206 Å². The molecule has 1 unspecified atom stereocenters. The SMILES string of the molecule is CCN(CC)S(=O)(=O)c1ccc2c(c1)nc(CCC(=O)NC(C)C(=O)NCc1ccccc1)n2C. The highest BCUT2D eigenvalue weighted by Crippen LogP contribution is 2.22. The summed E-state index contributed by atoms with van der Waals surface area (Å²) < 4.78 is 28.9. The molecule has 2 aromatic carbocycles. The maximum absolute atomic E-state index is 12.8. The standard InChI is InChI=1S/C25H33N5O4S/c1-5-30(6-2)35(33,34)20-12-13-22-21(16-20)28-23(29(22)4)14-15-24(31)27-18(3)25(32)26-17-19-10-8-7-9-11-19/h7-13,16,18H,5-6,14-15,17H2,1-4H3,(H,26,32)(H,27,31). The summed E-state index contributed by atoms with van der Waals surface area (Å²) in [6.45, 7) is 6.43. The molecule has 2 amide bonds. The van der Waals surface area contributed by atoms with Crippen molar-refractivity contribution in [2.75, 3.05) is 13.1 Å². The molecule has 10 heteroatoms. The molecular formula is C25H33N5O4S. The van der Waals surface area contributed by atoms with E-state index in [-0.39, 0.29) is 23.1 Å². The number of fused-ring (bicyclic) bond motifs is 1. The van der Waals surface area contributed by atoms with Crippen LogP contribution in [0.1, 0.15) is 38.6 Å². The normalized spacial score (nSPS) is 12.6. The summed E-state index contributed by atoms with van der Waals surface area (Å²) in [5.41, 5.74) is 2.33. The van der Waals surface area contributed by atoms with Crippen LogP contribution in [-0.4, -0.2) is 53.2 Å². The van der Waals surface area contributed by atoms with Gasteiger partial charge in [0.15, 0.2) is 0 Å². The molecular weight excluding hydrogens is 466 g/mol. The van der Waals surface area contributed by atoms with Crippen LogP contribution in [0.3, 0.4) is 0 Å². The van der Waals surface area contributed by atoms with Gasteiger partial charge in [-0.2, -0.15) is 4.31 Å². The number of aryl methyl sites for hydroxylation is 2. The summed E-state index contributed by atoms with van der Waals surface area (Å²) in [6, 6.07) is 13.8. The van der Waals surface area contributed by atoms with Gasteiger partial charge in [-0.15, -0.1) is 0 Å². The van der Waals surface area contributed by atoms with Crippen LogP contribution in [0.15, 0.2) is 53.4 Å². The number of rotatable bonds is 11. The van der Waals surface area contributed by atoms with E-state index in [1.807, 2.05) is 41.9 Å². The van der Waals surface area contributed by atoms with Crippen LogP contribution in [-0.2, 0) is 39.6 Å². The Morgan fingerprint density at radius 1 is 1.09 bits per heavy atom. The fraction of sp³-hybridized carbons (Fsp3) is 0.400. The van der Waals surface area contributed by atoms with Crippen LogP contribution in [0, 0.1) is 0 Å². The lowest BCUT2D eigenvalue weighted by molar-refractivity contribution is -0.128. The van der Waals surface area contributed by atoms with Gasteiger partial charge in [-0.25, -0.2) is 13.4 Å². The Morgan fingerprint density at radius 2 is 1.77 bits per heavy atom. The lowest BCUT2D eigenvalue weighted by Gasteiger charge is -2.18. The minimum absolute atomic E-state index is 0.151. The molecule has 0 aliphatic heterocycles. The summed E-state index contributed by atoms with van der Waals surface area (Å²) in [6.07, 6.45) is 0.506. The van der Waals surface area contributed by atoms with Gasteiger partial charge >= 0.3 is 0 Å². The van der Waals surface area contributed by atoms with Crippen molar-refractivity contribution in [2.45, 2.75) is 51.1 Å². The van der Waals surface area contributed by atoms with E-state index in [1.54, 1.807) is 39.0 Å². The van der Waals surface area contributed by atoms with Gasteiger partial charge in [0.25, 0.3) is 0 Å². The predicted molar refractivity (Wildman–Crippen MR) is 135 cm³/mol. The number of benzene rings is 2. The number of aromatic nitrogens is 2. The molecule has 0 spiro atoms. The van der Waals surface area contributed by atoms with Crippen LogP contribution in [0.25, 0.3) is 11.0 Å². The van der Waals surface area contributed by atoms with Crippen molar-refractivity contribution in [3.05, 3.63) is 59.9 Å². The summed E-state index contributed by atoms with van der Waals surface area (Å²) >= 11 is 0. The second-order valence-corrected chi connectivity index (χ2v) is 10.3. The third kappa shape index (κ3) is 6.26. The second kappa shape index (κ2) is 11.5. The van der Waals surface area contributed by atoms with Crippen molar-refractivity contribution in [3.63, 3.8) is 0 Å². The fourth-order valence-electron chi connectivity index (χ4n) is 3.87. The smallest absolute Gasteiger partial charge is 0.243 e. The van der Waals surface area contributed by atoms with Crippen molar-refractivity contribution in [1.82, 2.24) is 24.5 Å². The molecule has 0 fully saturated rings. The number of imidazole rings is 1. The van der Waals surface area contributed by atoms with E-state index in [9.17, 15) is 18.0 Å². The van der Waals surface area contributed by atoms with Gasteiger partial charge in [0, 0.05) is 39.5 Å². The molecule has 1 atom stereocenters. The summed E-state index contributed by atoms with van der Waals surface area (Å²) in [4.78, 5) is 29.5. The average Bonchev–Trinajstić information content (AvgIpc) is 3.17. The molecule has 0 radical (unpaired) electrons. The number of hydrogen-bond acceptors (Lipinski definition) is 5. The minimum atomic E-state index is -3.58. The number of sulfonamides is 1. The second-order valence-electron chi connectivity index (χ2n) is 8.32. The monoisotopic (exact) mass is 499 g/mol. The number of amides is 2. The zero-order valence-corrected chi connectivity index (χ0v) is 21.4. The first kappa shape index (κ1) is 26.4. The summed E-state index contributed by atoms with van der Waals surface area (Å²) in [7, 11) is -1.75. The number of carbonyl (C=O) groups excluding carboxylic acids is 2. The van der Waals surface area contributed by atoms with E-state index in [2.05, 4.69) is 15.6 Å². The third-order valence-electron chi connectivity index (χ3n) is 5.94. The number of carbonyl (C=O) groups is 2. The van der Waals surface area contributed by atoms with Gasteiger partial charge in [-0.1, -0.05) is 44.2 Å². The highest BCUT2D eigenvalue weighted by Gasteiger charge is 2.23. The molecule has 35 heavy (non-hydrogen) atoms. The van der Waals surface area contributed by atoms with E-state index in [0.29, 0.717) is 37.4 Å². The van der Waals surface area contributed by atoms with Crippen LogP contribution in [0.2, 0.25) is 0 Å². The molecule has 3 rings (SSSR count). The van der Waals surface area contributed by atoms with Gasteiger partial charge in [0.05, 0.1) is 15.9 Å². The molecule has 0 bridgehead atoms. The molecule has 0 saturated carbocycles. The molecule has 0 aliphatic rings. The highest BCUT2D eigenvalue weighted by atomic mass is 32.2. The van der Waals surface area contributed by atoms with Gasteiger partial charge in [0.1, 0.15) is 11.9 Å². The third-order valence-corrected chi connectivity index (χ3v) is 7.99. The van der Waals surface area contributed by atoms with Crippen molar-refractivity contribution >= 4 is 32.9 Å². The molecule has 0 saturated heterocycles. The van der Waals surface area contributed by atoms with Crippen molar-refractivity contribution in [1.29, 1.82) is 0 Å². The average molecular weight is 500 g/mol. The maximum Gasteiger partial charge on any atom is 0.243 e. The van der Waals surface area contributed by atoms with Crippen molar-refractivity contribution in [3.8, 4) is 0 Å². The first-order valence-electron chi connectivity index (χ1n) is 11.7. The molecule has 0 aliphatic carbocycles. The van der Waals surface area contributed by atoms with Gasteiger partial charge in [0.2, 0.25) is 21.8 Å². The fourth-order valence-corrected chi connectivity index (χ4v) is 5.35. The Kier molecular flexibility index (Phi) is 8.63. The first-order valence-corrected chi connectivity index (χ1v) is 13.2. The topological polar surface area (TPSA) is 113 Å². The first-order chi connectivity index (χ1) is 16.7. The lowest BCUT2D eigenvalue weighted by Crippen LogP contribution is -2.44. The molecule has 1 heterocycles. The van der Waals surface area contributed by atoms with Crippen LogP contribution in [0.4, 0.5) is 0 Å². The van der Waals surface area contributed by atoms with E-state index < -0.39 is 16.1 Å². The van der Waals surface area contributed by atoms with Crippen LogP contribution >= 0.6 is 0 Å². The lowest BCUT2D eigenvalue weighted by atomic mass is 10.2. The molecule has 1 aromatic heterocycles. The van der Waals surface area contributed by atoms with Gasteiger partial charge in [-0.05, 0) is 30.7 Å². The van der Waals surface area contributed by atoms with Crippen LogP contribution in [0.5, 0.6) is 0 Å². The minimum Gasteiger partial charge on any atom is -0.350 e. The molecule has 3 aromatic rings. The quantitative estimate of drug-likeness (QED) is 0.421. The van der Waals surface area contributed by atoms with E-state index >= 15 is 0 Å². The van der Waals surface area contributed by atoms with E-state index in [4.69, 9.17) is 0 Å². The zero-order valence-electron chi connectivity index (χ0n) is 20.6. The van der Waals surface area contributed by atoms with Crippen molar-refractivity contribution < 1.29 is 18.0 Å². The Morgan fingerprint density at radius 3 is 2.43 bits per heavy atom. The summed E-state index contributed by atoms with van der Waals surface area (Å²) in [5.74, 6) is 0.143. The number of hydrogen-bond donors (Lipinski definition) is 2. The zero-order chi connectivity index (χ0) is 25.6. The number of nitrogens with zero attached hydrogens (tertiary/aromatic N) is 3. The largest absolute Gasteiger partial charge is 0.350 e. The van der Waals surface area contributed by atoms with Crippen LogP contribution < -0.4 is 10.6 Å². The maximum atomic E-state index is 12.8. The van der Waals surface area contributed by atoms with E-state index in [0.717, 1.165) is 11.1 Å². The molecule has 9 nitrogen and oxygen atoms in total. The Hall–Kier alpha value is -3.24. The molecule has 188 valence electrons.